The molecule has 1 aromatic carbocycles. The third-order valence-electron chi connectivity index (χ3n) is 4.10. The zero-order valence-corrected chi connectivity index (χ0v) is 11.6. The van der Waals surface area contributed by atoms with Gasteiger partial charge in [-0.2, -0.15) is 0 Å². The number of hydrogen-bond donors (Lipinski definition) is 2. The minimum Gasteiger partial charge on any atom is -0.323 e. The fourth-order valence-corrected chi connectivity index (χ4v) is 2.87. The smallest absolute Gasteiger partial charge is 0.323 e. The Morgan fingerprint density at radius 3 is 2.48 bits per heavy atom. The van der Waals surface area contributed by atoms with Crippen molar-refractivity contribution in [1.82, 2.24) is 15.5 Å². The van der Waals surface area contributed by atoms with Crippen molar-refractivity contribution in [3.05, 3.63) is 35.9 Å². The Morgan fingerprint density at radius 1 is 1.14 bits per heavy atom. The molecule has 0 saturated carbocycles. The zero-order valence-electron chi connectivity index (χ0n) is 11.6. The first-order valence-electron chi connectivity index (χ1n) is 7.05. The van der Waals surface area contributed by atoms with E-state index < -0.39 is 11.6 Å². The number of Topliss-reactive ketones (excluding diaryl/α,β-unsaturated/α-hetero) is 1. The Labute approximate surface area is 122 Å². The molecule has 0 aromatic heterocycles. The van der Waals surface area contributed by atoms with Gasteiger partial charge >= 0.3 is 6.03 Å². The Bertz CT molecular complexity index is 579. The Balaban J connectivity index is 1.75. The first kappa shape index (κ1) is 13.8. The molecule has 0 radical (unpaired) electrons. The Kier molecular flexibility index (Phi) is 3.47. The summed E-state index contributed by atoms with van der Waals surface area (Å²) in [6.45, 7) is 1.17. The van der Waals surface area contributed by atoms with Gasteiger partial charge in [0.25, 0.3) is 5.91 Å². The predicted octanol–water partition coefficient (Wildman–Crippen LogP) is 0.543. The molecule has 2 fully saturated rings. The number of benzene rings is 1. The molecule has 3 rings (SSSR count). The lowest BCUT2D eigenvalue weighted by Crippen LogP contribution is -2.54. The lowest BCUT2D eigenvalue weighted by atomic mass is 9.88. The molecule has 2 aliphatic heterocycles. The molecule has 0 unspecified atom stereocenters. The van der Waals surface area contributed by atoms with Crippen molar-refractivity contribution in [3.8, 4) is 0 Å². The maximum absolute atomic E-state index is 12.5. The lowest BCUT2D eigenvalue weighted by molar-refractivity contribution is -0.131. The van der Waals surface area contributed by atoms with Gasteiger partial charge in [-0.25, -0.2) is 4.79 Å². The summed E-state index contributed by atoms with van der Waals surface area (Å²) in [5.74, 6) is -0.511. The molecule has 2 saturated heterocycles. The van der Waals surface area contributed by atoms with Gasteiger partial charge in [-0.05, 0) is 25.9 Å². The van der Waals surface area contributed by atoms with Crippen LogP contribution in [0.1, 0.15) is 23.2 Å². The first-order chi connectivity index (χ1) is 10.1. The highest BCUT2D eigenvalue weighted by molar-refractivity contribution is 6.11. The second kappa shape index (κ2) is 5.29. The molecule has 21 heavy (non-hydrogen) atoms. The number of nitrogens with zero attached hydrogens (tertiary/aromatic N) is 1. The number of rotatable bonds is 3. The predicted molar refractivity (Wildman–Crippen MR) is 75.9 cm³/mol. The summed E-state index contributed by atoms with van der Waals surface area (Å²) in [4.78, 5) is 37.8. The average Bonchev–Trinajstić information content (AvgIpc) is 2.73. The van der Waals surface area contributed by atoms with Crippen LogP contribution in [-0.2, 0) is 4.79 Å². The normalized spacial score (nSPS) is 20.7. The third-order valence-corrected chi connectivity index (χ3v) is 4.10. The molecule has 6 heteroatoms. The number of carbonyl (C=O) groups excluding carboxylic acids is 3. The molecular formula is C15H17N3O3. The van der Waals surface area contributed by atoms with Crippen LogP contribution in [0.5, 0.6) is 0 Å². The summed E-state index contributed by atoms with van der Waals surface area (Å²) in [5.41, 5.74) is -0.316. The zero-order chi connectivity index (χ0) is 14.9. The van der Waals surface area contributed by atoms with Gasteiger partial charge in [0, 0.05) is 5.56 Å². The molecule has 110 valence electrons. The quantitative estimate of drug-likeness (QED) is 0.628. The molecule has 1 aromatic rings. The number of carbonyl (C=O) groups is 3. The first-order valence-corrected chi connectivity index (χ1v) is 7.05. The van der Waals surface area contributed by atoms with Gasteiger partial charge in [0.05, 0.1) is 6.54 Å². The van der Waals surface area contributed by atoms with Crippen molar-refractivity contribution in [2.75, 3.05) is 19.6 Å². The van der Waals surface area contributed by atoms with Crippen LogP contribution in [0.4, 0.5) is 4.79 Å². The van der Waals surface area contributed by atoms with Crippen LogP contribution < -0.4 is 10.6 Å². The van der Waals surface area contributed by atoms with E-state index in [0.29, 0.717) is 31.5 Å². The van der Waals surface area contributed by atoms with E-state index in [1.165, 1.54) is 0 Å². The van der Waals surface area contributed by atoms with Crippen molar-refractivity contribution in [2.24, 2.45) is 0 Å². The molecular weight excluding hydrogens is 270 g/mol. The number of urea groups is 1. The maximum atomic E-state index is 12.5. The molecule has 2 N–H and O–H groups in total. The lowest BCUT2D eigenvalue weighted by Gasteiger charge is -2.31. The van der Waals surface area contributed by atoms with Crippen molar-refractivity contribution < 1.29 is 14.4 Å². The monoisotopic (exact) mass is 287 g/mol. The Morgan fingerprint density at radius 2 is 1.81 bits per heavy atom. The van der Waals surface area contributed by atoms with Crippen LogP contribution in [0.25, 0.3) is 0 Å². The molecule has 0 aliphatic carbocycles. The van der Waals surface area contributed by atoms with E-state index in [-0.39, 0.29) is 18.2 Å². The van der Waals surface area contributed by atoms with Gasteiger partial charge in [-0.1, -0.05) is 30.3 Å². The van der Waals surface area contributed by atoms with E-state index in [1.807, 2.05) is 6.07 Å². The number of amides is 3. The Hall–Kier alpha value is -2.21. The van der Waals surface area contributed by atoms with E-state index in [0.717, 1.165) is 4.90 Å². The third kappa shape index (κ3) is 2.42. The van der Waals surface area contributed by atoms with Crippen molar-refractivity contribution in [2.45, 2.75) is 18.4 Å². The van der Waals surface area contributed by atoms with Gasteiger partial charge in [0.15, 0.2) is 5.78 Å². The highest BCUT2D eigenvalue weighted by atomic mass is 16.2. The summed E-state index contributed by atoms with van der Waals surface area (Å²) < 4.78 is 0. The maximum Gasteiger partial charge on any atom is 0.325 e. The standard InChI is InChI=1S/C15H17N3O3/c19-12(11-4-2-1-3-5-11)10-18-13(20)15(17-14(18)21)6-8-16-9-7-15/h1-5,16H,6-10H2,(H,17,21). The van der Waals surface area contributed by atoms with Crippen molar-refractivity contribution in [1.29, 1.82) is 0 Å². The summed E-state index contributed by atoms with van der Waals surface area (Å²) in [7, 11) is 0. The van der Waals surface area contributed by atoms with E-state index in [4.69, 9.17) is 0 Å². The molecule has 0 bridgehead atoms. The fraction of sp³-hybridized carbons (Fsp3) is 0.400. The number of nitrogens with one attached hydrogen (secondary N) is 2. The second-order valence-corrected chi connectivity index (χ2v) is 5.44. The van der Waals surface area contributed by atoms with Gasteiger partial charge in [0.2, 0.25) is 0 Å². The largest absolute Gasteiger partial charge is 0.325 e. The van der Waals surface area contributed by atoms with Gasteiger partial charge in [-0.15, -0.1) is 0 Å². The fourth-order valence-electron chi connectivity index (χ4n) is 2.87. The van der Waals surface area contributed by atoms with Crippen LogP contribution in [0, 0.1) is 0 Å². The summed E-state index contributed by atoms with van der Waals surface area (Å²) >= 11 is 0. The van der Waals surface area contributed by atoms with E-state index in [2.05, 4.69) is 10.6 Å². The highest BCUT2D eigenvalue weighted by Gasteiger charge is 2.51. The number of ketones is 1. The van der Waals surface area contributed by atoms with E-state index in [9.17, 15) is 14.4 Å². The van der Waals surface area contributed by atoms with Crippen LogP contribution >= 0.6 is 0 Å². The average molecular weight is 287 g/mol. The molecule has 1 spiro atoms. The van der Waals surface area contributed by atoms with Gasteiger partial charge in [-0.3, -0.25) is 14.5 Å². The van der Waals surface area contributed by atoms with Crippen molar-refractivity contribution >= 4 is 17.7 Å². The van der Waals surface area contributed by atoms with Crippen LogP contribution in [-0.4, -0.2) is 47.8 Å². The SMILES string of the molecule is O=C(CN1C(=O)NC2(CCNCC2)C1=O)c1ccccc1. The molecule has 0 atom stereocenters. The molecule has 6 nitrogen and oxygen atoms in total. The van der Waals surface area contributed by atoms with Gasteiger partial charge < -0.3 is 10.6 Å². The second-order valence-electron chi connectivity index (χ2n) is 5.44. The van der Waals surface area contributed by atoms with E-state index >= 15 is 0 Å². The summed E-state index contributed by atoms with van der Waals surface area (Å²) in [6.07, 6.45) is 1.13. The number of piperidine rings is 1. The van der Waals surface area contributed by atoms with Crippen LogP contribution in [0.3, 0.4) is 0 Å². The van der Waals surface area contributed by atoms with Gasteiger partial charge in [0.1, 0.15) is 5.54 Å². The molecule has 2 aliphatic rings. The summed E-state index contributed by atoms with van der Waals surface area (Å²) in [5, 5.41) is 5.93. The highest BCUT2D eigenvalue weighted by Crippen LogP contribution is 2.26. The van der Waals surface area contributed by atoms with Crippen LogP contribution in [0.15, 0.2) is 30.3 Å². The number of hydrogen-bond acceptors (Lipinski definition) is 4. The number of imide groups is 1. The minimum atomic E-state index is -0.820. The molecule has 3 amide bonds. The minimum absolute atomic E-state index is 0.205. The molecule has 2 heterocycles. The van der Waals surface area contributed by atoms with Crippen LogP contribution in [0.2, 0.25) is 0 Å². The van der Waals surface area contributed by atoms with Crippen molar-refractivity contribution in [3.63, 3.8) is 0 Å². The topological polar surface area (TPSA) is 78.5 Å². The summed E-state index contributed by atoms with van der Waals surface area (Å²) in [6, 6.07) is 8.23. The van der Waals surface area contributed by atoms with E-state index in [1.54, 1.807) is 24.3 Å².